The van der Waals surface area contributed by atoms with Crippen LogP contribution in [0.1, 0.15) is 6.42 Å². The molecule has 0 N–H and O–H groups in total. The van der Waals surface area contributed by atoms with Crippen molar-refractivity contribution in [2.24, 2.45) is 0 Å². The standard InChI is InChI=1S/C54H38N2/c1-2-14-37(15-3-1)47-26-11-17-40-18-12-27-48(54(40)47)41-19-10-20-42(34-41)55(45-33-32-39-31-30-38-16-4-5-23-46(38)51(39)36-45)43-21-13-22-44(35-43)56-52-28-8-6-24-49(52)50-25-7-9-29-53(50)56/h1-34,36,43H,35H2. The van der Waals surface area contributed by atoms with Crippen LogP contribution in [0.3, 0.4) is 0 Å². The summed E-state index contributed by atoms with van der Waals surface area (Å²) in [5.74, 6) is 0. The second-order valence-electron chi connectivity index (χ2n) is 14.9. The highest BCUT2D eigenvalue weighted by atomic mass is 15.2. The van der Waals surface area contributed by atoms with Crippen molar-refractivity contribution in [2.45, 2.75) is 12.5 Å². The van der Waals surface area contributed by atoms with Crippen LogP contribution in [0, 0.1) is 0 Å². The van der Waals surface area contributed by atoms with Gasteiger partial charge in [-0.3, -0.25) is 0 Å². The molecule has 1 unspecified atom stereocenters. The van der Waals surface area contributed by atoms with E-state index in [1.807, 2.05) is 0 Å². The molecule has 11 rings (SSSR count). The van der Waals surface area contributed by atoms with Gasteiger partial charge < -0.3 is 9.47 Å². The Morgan fingerprint density at radius 1 is 0.429 bits per heavy atom. The van der Waals surface area contributed by atoms with Crippen LogP contribution in [0.25, 0.3) is 82.1 Å². The van der Waals surface area contributed by atoms with Crippen molar-refractivity contribution in [1.82, 2.24) is 4.57 Å². The Kier molecular flexibility index (Phi) is 7.67. The molecule has 1 heterocycles. The van der Waals surface area contributed by atoms with Gasteiger partial charge in [0.25, 0.3) is 0 Å². The molecule has 1 aromatic heterocycles. The second-order valence-corrected chi connectivity index (χ2v) is 14.9. The first kappa shape index (κ1) is 32.3. The van der Waals surface area contributed by atoms with Crippen LogP contribution in [0.4, 0.5) is 11.4 Å². The van der Waals surface area contributed by atoms with Crippen molar-refractivity contribution in [3.05, 3.63) is 212 Å². The second kappa shape index (κ2) is 13.3. The van der Waals surface area contributed by atoms with Gasteiger partial charge in [0.2, 0.25) is 0 Å². The molecule has 0 fully saturated rings. The maximum atomic E-state index is 2.56. The molecule has 1 atom stereocenters. The molecule has 264 valence electrons. The summed E-state index contributed by atoms with van der Waals surface area (Å²) in [7, 11) is 0. The van der Waals surface area contributed by atoms with E-state index in [4.69, 9.17) is 0 Å². The van der Waals surface area contributed by atoms with Crippen LogP contribution >= 0.6 is 0 Å². The molecule has 0 amide bonds. The van der Waals surface area contributed by atoms with Crippen molar-refractivity contribution < 1.29 is 0 Å². The molecule has 0 radical (unpaired) electrons. The van der Waals surface area contributed by atoms with E-state index in [9.17, 15) is 0 Å². The SMILES string of the molecule is C1=CC(N(c2cccc(-c3cccc4cccc(-c5ccccc5)c34)c2)c2ccc3ccc4ccccc4c3c2)CC(n2c3ccccc3c3ccccc32)=C1. The summed E-state index contributed by atoms with van der Waals surface area (Å²) in [5.41, 5.74) is 11.0. The lowest BCUT2D eigenvalue weighted by Gasteiger charge is -2.35. The monoisotopic (exact) mass is 714 g/mol. The summed E-state index contributed by atoms with van der Waals surface area (Å²) in [6.07, 6.45) is 7.78. The molecule has 10 aromatic rings. The normalized spacial score (nSPS) is 14.2. The van der Waals surface area contributed by atoms with Gasteiger partial charge in [0.1, 0.15) is 0 Å². The maximum Gasteiger partial charge on any atom is 0.0580 e. The van der Waals surface area contributed by atoms with E-state index in [0.29, 0.717) is 0 Å². The van der Waals surface area contributed by atoms with Gasteiger partial charge in [-0.2, -0.15) is 0 Å². The Bertz CT molecular complexity index is 3120. The van der Waals surface area contributed by atoms with Gasteiger partial charge in [-0.25, -0.2) is 0 Å². The van der Waals surface area contributed by atoms with Gasteiger partial charge in [0.05, 0.1) is 17.1 Å². The van der Waals surface area contributed by atoms with Crippen molar-refractivity contribution >= 4 is 71.2 Å². The number of hydrogen-bond acceptors (Lipinski definition) is 1. The Hall–Kier alpha value is -7.16. The molecule has 56 heavy (non-hydrogen) atoms. The Morgan fingerprint density at radius 2 is 1.00 bits per heavy atom. The number of anilines is 2. The summed E-state index contributed by atoms with van der Waals surface area (Å²) in [5, 5.41) is 10.1. The Morgan fingerprint density at radius 3 is 1.77 bits per heavy atom. The first-order chi connectivity index (χ1) is 27.8. The molecule has 2 nitrogen and oxygen atoms in total. The average Bonchev–Trinajstić information content (AvgIpc) is 3.61. The maximum absolute atomic E-state index is 2.56. The predicted molar refractivity (Wildman–Crippen MR) is 240 cm³/mol. The summed E-state index contributed by atoms with van der Waals surface area (Å²) < 4.78 is 2.48. The number of fused-ring (bicyclic) bond motifs is 7. The van der Waals surface area contributed by atoms with E-state index < -0.39 is 0 Å². The first-order valence-corrected chi connectivity index (χ1v) is 19.5. The topological polar surface area (TPSA) is 8.17 Å². The molecule has 0 spiro atoms. The lowest BCUT2D eigenvalue weighted by Crippen LogP contribution is -2.31. The van der Waals surface area contributed by atoms with Crippen LogP contribution in [0.15, 0.2) is 212 Å². The van der Waals surface area contributed by atoms with Gasteiger partial charge in [-0.1, -0.05) is 170 Å². The summed E-state index contributed by atoms with van der Waals surface area (Å²) in [6.45, 7) is 0. The van der Waals surface area contributed by atoms with E-state index in [1.165, 1.54) is 87.8 Å². The average molecular weight is 715 g/mol. The highest BCUT2D eigenvalue weighted by molar-refractivity contribution is 6.11. The molecule has 0 saturated heterocycles. The largest absolute Gasteiger partial charge is 0.334 e. The molecular formula is C54H38N2. The minimum absolute atomic E-state index is 0.0602. The zero-order chi connectivity index (χ0) is 37.0. The summed E-state index contributed by atoms with van der Waals surface area (Å²) >= 11 is 0. The molecule has 0 saturated carbocycles. The molecular weight excluding hydrogens is 677 g/mol. The summed E-state index contributed by atoms with van der Waals surface area (Å²) in [6, 6.07) is 71.2. The quantitative estimate of drug-likeness (QED) is 0.156. The third-order valence-electron chi connectivity index (χ3n) is 11.7. The molecule has 1 aliphatic carbocycles. The van der Waals surface area contributed by atoms with Crippen molar-refractivity contribution in [1.29, 1.82) is 0 Å². The van der Waals surface area contributed by atoms with Gasteiger partial charge in [0, 0.05) is 34.3 Å². The smallest absolute Gasteiger partial charge is 0.0580 e. The predicted octanol–water partition coefficient (Wildman–Crippen LogP) is 14.6. The van der Waals surface area contributed by atoms with E-state index in [1.54, 1.807) is 0 Å². The van der Waals surface area contributed by atoms with E-state index >= 15 is 0 Å². The number of nitrogens with zero attached hydrogens (tertiary/aromatic N) is 2. The van der Waals surface area contributed by atoms with E-state index in [-0.39, 0.29) is 6.04 Å². The van der Waals surface area contributed by atoms with E-state index in [0.717, 1.165) is 12.1 Å². The van der Waals surface area contributed by atoms with E-state index in [2.05, 4.69) is 222 Å². The van der Waals surface area contributed by atoms with Crippen LogP contribution in [0.2, 0.25) is 0 Å². The minimum Gasteiger partial charge on any atom is -0.334 e. The van der Waals surface area contributed by atoms with Crippen molar-refractivity contribution in [3.8, 4) is 22.3 Å². The third kappa shape index (κ3) is 5.33. The fourth-order valence-electron chi connectivity index (χ4n) is 9.16. The molecule has 1 aliphatic rings. The highest BCUT2D eigenvalue weighted by Gasteiger charge is 2.25. The lowest BCUT2D eigenvalue weighted by molar-refractivity contribution is 0.777. The highest BCUT2D eigenvalue weighted by Crippen LogP contribution is 2.42. The molecule has 0 aliphatic heterocycles. The zero-order valence-corrected chi connectivity index (χ0v) is 30.9. The van der Waals surface area contributed by atoms with Gasteiger partial charge in [0.15, 0.2) is 0 Å². The lowest BCUT2D eigenvalue weighted by atomic mass is 9.91. The van der Waals surface area contributed by atoms with Crippen molar-refractivity contribution in [3.63, 3.8) is 0 Å². The molecule has 9 aromatic carbocycles. The Balaban J connectivity index is 1.09. The zero-order valence-electron chi connectivity index (χ0n) is 30.9. The number of benzene rings is 9. The van der Waals surface area contributed by atoms with Gasteiger partial charge in [-0.05, 0) is 97.0 Å². The van der Waals surface area contributed by atoms with Crippen LogP contribution in [-0.2, 0) is 0 Å². The van der Waals surface area contributed by atoms with Crippen LogP contribution in [0.5, 0.6) is 0 Å². The fraction of sp³-hybridized carbons (Fsp3) is 0.0370. The molecule has 2 heteroatoms. The van der Waals surface area contributed by atoms with Gasteiger partial charge in [-0.15, -0.1) is 0 Å². The number of aromatic nitrogens is 1. The summed E-state index contributed by atoms with van der Waals surface area (Å²) in [4.78, 5) is 2.56. The first-order valence-electron chi connectivity index (χ1n) is 19.5. The number of para-hydroxylation sites is 2. The third-order valence-corrected chi connectivity index (χ3v) is 11.7. The minimum atomic E-state index is 0.0602. The number of hydrogen-bond donors (Lipinski definition) is 0. The van der Waals surface area contributed by atoms with Crippen LogP contribution < -0.4 is 4.90 Å². The molecule has 0 bridgehead atoms. The van der Waals surface area contributed by atoms with Crippen LogP contribution in [-0.4, -0.2) is 10.6 Å². The number of rotatable bonds is 6. The fourth-order valence-corrected chi connectivity index (χ4v) is 9.16. The Labute approximate surface area is 326 Å². The number of allylic oxidation sites excluding steroid dienone is 2. The van der Waals surface area contributed by atoms with Crippen molar-refractivity contribution in [2.75, 3.05) is 4.90 Å². The van der Waals surface area contributed by atoms with Gasteiger partial charge >= 0.3 is 0 Å².